The van der Waals surface area contributed by atoms with Crippen LogP contribution in [0.2, 0.25) is 0 Å². The highest BCUT2D eigenvalue weighted by Gasteiger charge is 2.13. The summed E-state index contributed by atoms with van der Waals surface area (Å²) in [6.07, 6.45) is 3.27. The standard InChI is InChI=1S/C13H10N4O2/c14-5-7-16-12(18)13(19)17-11-3-1-2-9-8-15-6-4-10(9)11/h1-4,6,8H,7H2,(H,16,18)(H,17,19). The van der Waals surface area contributed by atoms with Gasteiger partial charge in [-0.15, -0.1) is 0 Å². The Morgan fingerprint density at radius 3 is 2.89 bits per heavy atom. The maximum atomic E-state index is 11.6. The molecule has 0 spiro atoms. The Hall–Kier alpha value is -2.94. The first kappa shape index (κ1) is 12.5. The minimum absolute atomic E-state index is 0.203. The van der Waals surface area contributed by atoms with Crippen molar-refractivity contribution >= 4 is 28.3 Å². The average molecular weight is 254 g/mol. The molecule has 0 saturated heterocycles. The molecule has 0 aliphatic rings. The molecule has 0 fully saturated rings. The van der Waals surface area contributed by atoms with Gasteiger partial charge in [0, 0.05) is 28.9 Å². The Morgan fingerprint density at radius 2 is 2.11 bits per heavy atom. The number of nitrogens with one attached hydrogen (secondary N) is 2. The number of hydrogen-bond donors (Lipinski definition) is 2. The van der Waals surface area contributed by atoms with E-state index in [9.17, 15) is 9.59 Å². The lowest BCUT2D eigenvalue weighted by Gasteiger charge is -2.07. The number of pyridine rings is 1. The van der Waals surface area contributed by atoms with Gasteiger partial charge in [-0.25, -0.2) is 0 Å². The highest BCUT2D eigenvalue weighted by molar-refractivity contribution is 6.40. The van der Waals surface area contributed by atoms with Crippen LogP contribution >= 0.6 is 0 Å². The van der Waals surface area contributed by atoms with Gasteiger partial charge in [0.1, 0.15) is 6.54 Å². The van der Waals surface area contributed by atoms with Crippen molar-refractivity contribution in [3.05, 3.63) is 36.7 Å². The zero-order valence-electron chi connectivity index (χ0n) is 9.88. The van der Waals surface area contributed by atoms with Crippen molar-refractivity contribution in [3.8, 4) is 6.07 Å². The normalized spacial score (nSPS) is 9.63. The number of aromatic nitrogens is 1. The van der Waals surface area contributed by atoms with Crippen LogP contribution in [-0.4, -0.2) is 23.3 Å². The Kier molecular flexibility index (Phi) is 3.69. The molecule has 0 atom stereocenters. The van der Waals surface area contributed by atoms with E-state index in [1.807, 2.05) is 6.07 Å². The minimum Gasteiger partial charge on any atom is -0.335 e. The first-order chi connectivity index (χ1) is 9.22. The topological polar surface area (TPSA) is 94.9 Å². The Balaban J connectivity index is 2.20. The molecular formula is C13H10N4O2. The summed E-state index contributed by atoms with van der Waals surface area (Å²) >= 11 is 0. The van der Waals surface area contributed by atoms with Crippen molar-refractivity contribution in [2.75, 3.05) is 11.9 Å². The molecule has 0 saturated carbocycles. The van der Waals surface area contributed by atoms with Crippen molar-refractivity contribution in [2.45, 2.75) is 0 Å². The Labute approximate surface area is 109 Å². The molecule has 94 valence electrons. The highest BCUT2D eigenvalue weighted by Crippen LogP contribution is 2.21. The smallest absolute Gasteiger partial charge is 0.313 e. The second kappa shape index (κ2) is 5.60. The molecule has 6 heteroatoms. The molecular weight excluding hydrogens is 244 g/mol. The van der Waals surface area contributed by atoms with E-state index in [-0.39, 0.29) is 6.54 Å². The largest absolute Gasteiger partial charge is 0.335 e. The molecule has 6 nitrogen and oxygen atoms in total. The Morgan fingerprint density at radius 1 is 1.26 bits per heavy atom. The third-order valence-electron chi connectivity index (χ3n) is 2.46. The number of nitrogens with zero attached hydrogens (tertiary/aromatic N) is 2. The van der Waals surface area contributed by atoms with Crippen molar-refractivity contribution < 1.29 is 9.59 Å². The van der Waals surface area contributed by atoms with E-state index in [1.54, 1.807) is 36.7 Å². The number of amides is 2. The molecule has 1 aromatic carbocycles. The fourth-order valence-corrected chi connectivity index (χ4v) is 1.61. The molecule has 2 N–H and O–H groups in total. The maximum Gasteiger partial charge on any atom is 0.313 e. The zero-order chi connectivity index (χ0) is 13.7. The van der Waals surface area contributed by atoms with Gasteiger partial charge < -0.3 is 10.6 Å². The van der Waals surface area contributed by atoms with Crippen LogP contribution in [0.4, 0.5) is 5.69 Å². The van der Waals surface area contributed by atoms with Crippen LogP contribution in [-0.2, 0) is 9.59 Å². The van der Waals surface area contributed by atoms with Crippen LogP contribution < -0.4 is 10.6 Å². The van der Waals surface area contributed by atoms with E-state index in [0.717, 1.165) is 10.8 Å². The number of anilines is 1. The van der Waals surface area contributed by atoms with E-state index < -0.39 is 11.8 Å². The predicted octanol–water partition coefficient (Wildman–Crippen LogP) is 0.813. The van der Waals surface area contributed by atoms with Gasteiger partial charge in [0.05, 0.1) is 6.07 Å². The third-order valence-corrected chi connectivity index (χ3v) is 2.46. The fourth-order valence-electron chi connectivity index (χ4n) is 1.61. The van der Waals surface area contributed by atoms with Gasteiger partial charge in [-0.3, -0.25) is 14.6 Å². The first-order valence-electron chi connectivity index (χ1n) is 5.51. The first-order valence-corrected chi connectivity index (χ1v) is 5.51. The third kappa shape index (κ3) is 2.84. The lowest BCUT2D eigenvalue weighted by Crippen LogP contribution is -2.35. The molecule has 19 heavy (non-hydrogen) atoms. The van der Waals surface area contributed by atoms with E-state index in [0.29, 0.717) is 5.69 Å². The van der Waals surface area contributed by atoms with Crippen molar-refractivity contribution in [2.24, 2.45) is 0 Å². The van der Waals surface area contributed by atoms with E-state index in [2.05, 4.69) is 15.6 Å². The van der Waals surface area contributed by atoms with Crippen LogP contribution in [0.15, 0.2) is 36.7 Å². The molecule has 0 bridgehead atoms. The van der Waals surface area contributed by atoms with E-state index in [1.165, 1.54) is 0 Å². The summed E-state index contributed by atoms with van der Waals surface area (Å²) < 4.78 is 0. The molecule has 0 aliphatic carbocycles. The van der Waals surface area contributed by atoms with Gasteiger partial charge in [0.2, 0.25) is 0 Å². The van der Waals surface area contributed by atoms with Crippen molar-refractivity contribution in [3.63, 3.8) is 0 Å². The molecule has 2 aromatic rings. The van der Waals surface area contributed by atoms with Gasteiger partial charge in [-0.1, -0.05) is 12.1 Å². The summed E-state index contributed by atoms with van der Waals surface area (Å²) in [6.45, 7) is -0.203. The molecule has 1 heterocycles. The Bertz CT molecular complexity index is 670. The van der Waals surface area contributed by atoms with E-state index in [4.69, 9.17) is 5.26 Å². The summed E-state index contributed by atoms with van der Waals surface area (Å²) in [5.74, 6) is -1.65. The van der Waals surface area contributed by atoms with Gasteiger partial charge in [-0.05, 0) is 12.1 Å². The van der Waals surface area contributed by atoms with Crippen LogP contribution in [0.1, 0.15) is 0 Å². The van der Waals surface area contributed by atoms with Crippen LogP contribution in [0, 0.1) is 11.3 Å². The van der Waals surface area contributed by atoms with Crippen molar-refractivity contribution in [1.82, 2.24) is 10.3 Å². The number of rotatable bonds is 2. The number of benzene rings is 1. The number of carbonyl (C=O) groups excluding carboxylic acids is 2. The van der Waals surface area contributed by atoms with Crippen molar-refractivity contribution in [1.29, 1.82) is 5.26 Å². The monoisotopic (exact) mass is 254 g/mol. The molecule has 1 aromatic heterocycles. The second-order valence-electron chi connectivity index (χ2n) is 3.70. The lowest BCUT2D eigenvalue weighted by atomic mass is 10.1. The second-order valence-corrected chi connectivity index (χ2v) is 3.70. The minimum atomic E-state index is -0.840. The summed E-state index contributed by atoms with van der Waals surface area (Å²) in [5.41, 5.74) is 0.525. The lowest BCUT2D eigenvalue weighted by molar-refractivity contribution is -0.136. The number of carbonyl (C=O) groups is 2. The number of fused-ring (bicyclic) bond motifs is 1. The van der Waals surface area contributed by atoms with E-state index >= 15 is 0 Å². The molecule has 2 amide bonds. The van der Waals surface area contributed by atoms with Gasteiger partial charge in [-0.2, -0.15) is 5.26 Å². The predicted molar refractivity (Wildman–Crippen MR) is 69.0 cm³/mol. The van der Waals surface area contributed by atoms with Gasteiger partial charge in [0.15, 0.2) is 0 Å². The van der Waals surface area contributed by atoms with Crippen LogP contribution in [0.25, 0.3) is 10.8 Å². The average Bonchev–Trinajstić information content (AvgIpc) is 2.45. The van der Waals surface area contributed by atoms with Crippen LogP contribution in [0.3, 0.4) is 0 Å². The molecule has 0 unspecified atom stereocenters. The maximum absolute atomic E-state index is 11.6. The fraction of sp³-hybridized carbons (Fsp3) is 0.0769. The summed E-state index contributed by atoms with van der Waals surface area (Å²) in [6, 6.07) is 8.78. The summed E-state index contributed by atoms with van der Waals surface area (Å²) in [5, 5.41) is 14.7. The SMILES string of the molecule is N#CCNC(=O)C(=O)Nc1cccc2cnccc12. The number of nitriles is 1. The highest BCUT2D eigenvalue weighted by atomic mass is 16.2. The van der Waals surface area contributed by atoms with Gasteiger partial charge >= 0.3 is 11.8 Å². The quantitative estimate of drug-likeness (QED) is 0.612. The zero-order valence-corrected chi connectivity index (χ0v) is 9.88. The van der Waals surface area contributed by atoms with Crippen LogP contribution in [0.5, 0.6) is 0 Å². The summed E-state index contributed by atoms with van der Waals surface area (Å²) in [4.78, 5) is 27.0. The molecule has 2 rings (SSSR count). The van der Waals surface area contributed by atoms with Gasteiger partial charge in [0.25, 0.3) is 0 Å². The molecule has 0 radical (unpaired) electrons. The summed E-state index contributed by atoms with van der Waals surface area (Å²) in [7, 11) is 0. The molecule has 0 aliphatic heterocycles. The number of hydrogen-bond acceptors (Lipinski definition) is 4.